The smallest absolute Gasteiger partial charge is 0.241 e. The number of benzene rings is 1. The molecule has 0 aromatic heterocycles. The minimum Gasteiger partial charge on any atom is -0.496 e. The van der Waals surface area contributed by atoms with Crippen LogP contribution in [0.15, 0.2) is 17.0 Å². The molecular weight excluding hydrogens is 286 g/mol. The molecule has 0 spiro atoms. The lowest BCUT2D eigenvalue weighted by Gasteiger charge is -2.18. The lowest BCUT2D eigenvalue weighted by molar-refractivity contribution is 0.406. The van der Waals surface area contributed by atoms with Gasteiger partial charge in [-0.3, -0.25) is 0 Å². The first-order valence-electron chi connectivity index (χ1n) is 7.43. The Morgan fingerprint density at radius 3 is 2.33 bits per heavy atom. The number of ether oxygens (including phenoxy) is 1. The van der Waals surface area contributed by atoms with Gasteiger partial charge in [0.2, 0.25) is 10.0 Å². The first-order valence-corrected chi connectivity index (χ1v) is 8.92. The fourth-order valence-corrected chi connectivity index (χ4v) is 3.95. The van der Waals surface area contributed by atoms with Gasteiger partial charge >= 0.3 is 0 Å². The Kier molecular flexibility index (Phi) is 6.23. The van der Waals surface area contributed by atoms with E-state index in [-0.39, 0.29) is 12.0 Å². The number of hydrogen-bond acceptors (Lipinski definition) is 3. The van der Waals surface area contributed by atoms with Gasteiger partial charge in [0, 0.05) is 6.04 Å². The first-order chi connectivity index (χ1) is 9.72. The molecule has 0 aliphatic rings. The van der Waals surface area contributed by atoms with Crippen molar-refractivity contribution in [1.82, 2.24) is 4.72 Å². The quantitative estimate of drug-likeness (QED) is 0.837. The van der Waals surface area contributed by atoms with Crippen molar-refractivity contribution in [3.8, 4) is 5.75 Å². The van der Waals surface area contributed by atoms with Crippen LogP contribution in [0.5, 0.6) is 5.75 Å². The molecule has 0 radical (unpaired) electrons. The Morgan fingerprint density at radius 1 is 1.24 bits per heavy atom. The molecule has 4 nitrogen and oxygen atoms in total. The molecule has 21 heavy (non-hydrogen) atoms. The van der Waals surface area contributed by atoms with Crippen LogP contribution in [0, 0.1) is 6.92 Å². The molecule has 0 bridgehead atoms. The van der Waals surface area contributed by atoms with Crippen molar-refractivity contribution < 1.29 is 13.2 Å². The van der Waals surface area contributed by atoms with E-state index < -0.39 is 10.0 Å². The van der Waals surface area contributed by atoms with Crippen LogP contribution in [0.25, 0.3) is 0 Å². The fourth-order valence-electron chi connectivity index (χ4n) is 2.42. The van der Waals surface area contributed by atoms with Crippen molar-refractivity contribution in [2.75, 3.05) is 7.11 Å². The summed E-state index contributed by atoms with van der Waals surface area (Å²) in [5.74, 6) is 0.936. The molecule has 0 aliphatic carbocycles. The van der Waals surface area contributed by atoms with Gasteiger partial charge in [0.1, 0.15) is 5.75 Å². The van der Waals surface area contributed by atoms with Gasteiger partial charge in [-0.2, -0.15) is 0 Å². The summed E-state index contributed by atoms with van der Waals surface area (Å²) in [5, 5.41) is 0. The minimum atomic E-state index is -3.50. The van der Waals surface area contributed by atoms with Crippen molar-refractivity contribution in [2.24, 2.45) is 0 Å². The number of aryl methyl sites for hydroxylation is 1. The monoisotopic (exact) mass is 313 g/mol. The highest BCUT2D eigenvalue weighted by molar-refractivity contribution is 7.89. The summed E-state index contributed by atoms with van der Waals surface area (Å²) in [4.78, 5) is 0.343. The fraction of sp³-hybridized carbons (Fsp3) is 0.625. The molecule has 0 saturated heterocycles. The number of methoxy groups -OCH3 is 1. The Bertz CT molecular complexity index is 579. The van der Waals surface area contributed by atoms with Crippen LogP contribution in [-0.2, 0) is 10.0 Å². The highest BCUT2D eigenvalue weighted by Gasteiger charge is 2.22. The lowest BCUT2D eigenvalue weighted by atomic mass is 10.0. The van der Waals surface area contributed by atoms with Crippen molar-refractivity contribution in [3.63, 3.8) is 0 Å². The third-order valence-corrected chi connectivity index (χ3v) is 5.25. The second-order valence-corrected chi connectivity index (χ2v) is 7.51. The number of rotatable bonds is 7. The number of sulfonamides is 1. The summed E-state index contributed by atoms with van der Waals surface area (Å²) in [6.45, 7) is 9.78. The molecular formula is C16H27NO3S. The van der Waals surface area contributed by atoms with E-state index >= 15 is 0 Å². The van der Waals surface area contributed by atoms with E-state index in [1.54, 1.807) is 26.2 Å². The maximum absolute atomic E-state index is 12.6. The van der Waals surface area contributed by atoms with Crippen LogP contribution in [-0.4, -0.2) is 21.6 Å². The summed E-state index contributed by atoms with van der Waals surface area (Å²) in [7, 11) is -1.89. The highest BCUT2D eigenvalue weighted by Crippen LogP contribution is 2.31. The van der Waals surface area contributed by atoms with Gasteiger partial charge in [0.25, 0.3) is 0 Å². The molecule has 0 aliphatic heterocycles. The molecule has 1 atom stereocenters. The van der Waals surface area contributed by atoms with Crippen LogP contribution in [0.2, 0.25) is 0 Å². The van der Waals surface area contributed by atoms with Gasteiger partial charge in [-0.05, 0) is 49.4 Å². The maximum Gasteiger partial charge on any atom is 0.241 e. The van der Waals surface area contributed by atoms with Gasteiger partial charge < -0.3 is 4.74 Å². The van der Waals surface area contributed by atoms with Crippen LogP contribution in [0.4, 0.5) is 0 Å². The van der Waals surface area contributed by atoms with E-state index in [0.717, 1.165) is 24.2 Å². The average Bonchev–Trinajstić information content (AvgIpc) is 2.37. The van der Waals surface area contributed by atoms with E-state index in [1.807, 2.05) is 27.7 Å². The molecule has 0 unspecified atom stereocenters. The van der Waals surface area contributed by atoms with Gasteiger partial charge in [-0.25, -0.2) is 13.1 Å². The highest BCUT2D eigenvalue weighted by atomic mass is 32.2. The van der Waals surface area contributed by atoms with Crippen LogP contribution in [0.1, 0.15) is 57.6 Å². The normalized spacial score (nSPS) is 13.5. The first kappa shape index (κ1) is 18.0. The minimum absolute atomic E-state index is 0.0657. The second-order valence-electron chi connectivity index (χ2n) is 5.83. The van der Waals surface area contributed by atoms with E-state index in [4.69, 9.17) is 4.74 Å². The Balaban J connectivity index is 3.26. The van der Waals surface area contributed by atoms with Crippen LogP contribution in [0.3, 0.4) is 0 Å². The molecule has 0 saturated carbocycles. The third-order valence-electron chi connectivity index (χ3n) is 3.52. The van der Waals surface area contributed by atoms with Gasteiger partial charge in [0.05, 0.1) is 12.0 Å². The molecule has 1 aromatic rings. The Hall–Kier alpha value is -1.07. The maximum atomic E-state index is 12.6. The largest absolute Gasteiger partial charge is 0.496 e. The predicted molar refractivity (Wildman–Crippen MR) is 86.5 cm³/mol. The second kappa shape index (κ2) is 7.27. The summed E-state index contributed by atoms with van der Waals surface area (Å²) in [5.41, 5.74) is 1.61. The van der Waals surface area contributed by atoms with E-state index in [1.165, 1.54) is 0 Å². The molecule has 0 amide bonds. The molecule has 120 valence electrons. The molecule has 1 aromatic carbocycles. The zero-order chi connectivity index (χ0) is 16.2. The standard InChI is InChI=1S/C16H27NO3S/c1-7-8-13(5)17-21(18,19)16-10-14(11(2)3)15(20-6)9-12(16)4/h9-11,13,17H,7-8H2,1-6H3/t13-/m0/s1. The number of hydrogen-bond donors (Lipinski definition) is 1. The summed E-state index contributed by atoms with van der Waals surface area (Å²) in [6, 6.07) is 3.47. The molecule has 1 rings (SSSR count). The van der Waals surface area contributed by atoms with Crippen molar-refractivity contribution in [2.45, 2.75) is 64.3 Å². The SMILES string of the molecule is CCC[C@H](C)NS(=O)(=O)c1cc(C(C)C)c(OC)cc1C. The van der Waals surface area contributed by atoms with Crippen LogP contribution >= 0.6 is 0 Å². The molecule has 5 heteroatoms. The zero-order valence-electron chi connectivity index (χ0n) is 13.9. The van der Waals surface area contributed by atoms with E-state index in [2.05, 4.69) is 4.72 Å². The molecule has 0 heterocycles. The van der Waals surface area contributed by atoms with Crippen molar-refractivity contribution in [1.29, 1.82) is 0 Å². The van der Waals surface area contributed by atoms with E-state index in [0.29, 0.717) is 10.5 Å². The number of nitrogens with one attached hydrogen (secondary N) is 1. The lowest BCUT2D eigenvalue weighted by Crippen LogP contribution is -2.33. The Labute approximate surface area is 129 Å². The Morgan fingerprint density at radius 2 is 1.86 bits per heavy atom. The van der Waals surface area contributed by atoms with Gasteiger partial charge in [0.15, 0.2) is 0 Å². The van der Waals surface area contributed by atoms with Gasteiger partial charge in [-0.15, -0.1) is 0 Å². The van der Waals surface area contributed by atoms with Gasteiger partial charge in [-0.1, -0.05) is 27.2 Å². The topological polar surface area (TPSA) is 55.4 Å². The van der Waals surface area contributed by atoms with Crippen molar-refractivity contribution in [3.05, 3.63) is 23.3 Å². The van der Waals surface area contributed by atoms with E-state index in [9.17, 15) is 8.42 Å². The van der Waals surface area contributed by atoms with Crippen molar-refractivity contribution >= 4 is 10.0 Å². The van der Waals surface area contributed by atoms with Crippen LogP contribution < -0.4 is 9.46 Å². The zero-order valence-corrected chi connectivity index (χ0v) is 14.7. The third kappa shape index (κ3) is 4.45. The summed E-state index contributed by atoms with van der Waals surface area (Å²) < 4.78 is 33.2. The molecule has 0 fully saturated rings. The summed E-state index contributed by atoms with van der Waals surface area (Å²) in [6.07, 6.45) is 1.77. The average molecular weight is 313 g/mol. The summed E-state index contributed by atoms with van der Waals surface area (Å²) >= 11 is 0. The predicted octanol–water partition coefficient (Wildman–Crippen LogP) is 3.59. The molecule has 1 N–H and O–H groups in total.